The largest absolute Gasteiger partial charge is 0.756 e. The second-order valence-corrected chi connectivity index (χ2v) is 20.9. The van der Waals surface area contributed by atoms with Crippen molar-refractivity contribution in [3.05, 3.63) is 170 Å². The van der Waals surface area contributed by atoms with E-state index in [4.69, 9.17) is 18.5 Å². The van der Waals surface area contributed by atoms with Gasteiger partial charge in [0, 0.05) is 12.8 Å². The standard InChI is InChI=1S/C66H104NO8P/c1-6-8-10-12-14-16-18-20-22-24-26-28-30-31-32-33-34-35-37-39-41-43-45-47-49-51-53-55-57-59-66(69)75-64(63-74-76(70,71)73-61-60-67(3,4)5)62-72-65(68)58-56-54-52-50-48-46-44-42-40-38-36-29-27-25-23-21-19-17-15-13-11-9-7-2/h8-11,14-17,20-23,26-29,31-32,34-35,38-41,44-47,64H,6-7,12-13,18-19,24-25,30,33,36-37,42-43,48-63H2,1-5H3/b10-8-,11-9-,16-14-,17-15-,22-20-,23-21-,28-26-,29-27-,32-31-,35-34-,40-38-,41-39-,46-44-,47-45-. The predicted molar refractivity (Wildman–Crippen MR) is 323 cm³/mol. The summed E-state index contributed by atoms with van der Waals surface area (Å²) in [5.74, 6) is -0.910. The van der Waals surface area contributed by atoms with Crippen LogP contribution in [0.3, 0.4) is 0 Å². The van der Waals surface area contributed by atoms with Crippen LogP contribution < -0.4 is 4.89 Å². The molecule has 76 heavy (non-hydrogen) atoms. The molecule has 0 saturated carbocycles. The first-order valence-corrected chi connectivity index (χ1v) is 30.3. The van der Waals surface area contributed by atoms with Crippen molar-refractivity contribution in [2.24, 2.45) is 0 Å². The number of ether oxygens (including phenoxy) is 2. The monoisotopic (exact) mass is 1070 g/mol. The van der Waals surface area contributed by atoms with Crippen LogP contribution in [-0.2, 0) is 32.7 Å². The maximum Gasteiger partial charge on any atom is 0.306 e. The van der Waals surface area contributed by atoms with Crippen molar-refractivity contribution >= 4 is 19.8 Å². The molecule has 2 atom stereocenters. The molecule has 0 amide bonds. The summed E-state index contributed by atoms with van der Waals surface area (Å²) in [5, 5.41) is 0. The number of allylic oxidation sites excluding steroid dienone is 28. The lowest BCUT2D eigenvalue weighted by Gasteiger charge is -2.28. The highest BCUT2D eigenvalue weighted by atomic mass is 31.2. The van der Waals surface area contributed by atoms with Crippen molar-refractivity contribution < 1.29 is 42.1 Å². The number of carbonyl (C=O) groups excluding carboxylic acids is 2. The van der Waals surface area contributed by atoms with Gasteiger partial charge in [-0.2, -0.15) is 0 Å². The third-order valence-electron chi connectivity index (χ3n) is 11.2. The molecule has 426 valence electrons. The van der Waals surface area contributed by atoms with E-state index in [-0.39, 0.29) is 26.1 Å². The zero-order chi connectivity index (χ0) is 55.6. The number of unbranched alkanes of at least 4 members (excludes halogenated alkanes) is 8. The molecule has 0 aliphatic heterocycles. The van der Waals surface area contributed by atoms with Gasteiger partial charge in [0.2, 0.25) is 0 Å². The smallest absolute Gasteiger partial charge is 0.306 e. The third kappa shape index (κ3) is 58.6. The van der Waals surface area contributed by atoms with Gasteiger partial charge in [0.15, 0.2) is 6.10 Å². The van der Waals surface area contributed by atoms with Crippen LogP contribution >= 0.6 is 7.82 Å². The number of quaternary nitrogens is 1. The summed E-state index contributed by atoms with van der Waals surface area (Å²) < 4.78 is 34.1. The molecule has 0 aliphatic carbocycles. The fourth-order valence-corrected chi connectivity index (χ4v) is 7.58. The van der Waals surface area contributed by atoms with Crippen molar-refractivity contribution in [3.8, 4) is 0 Å². The van der Waals surface area contributed by atoms with Crippen LogP contribution in [0.15, 0.2) is 170 Å². The van der Waals surface area contributed by atoms with Crippen molar-refractivity contribution in [1.82, 2.24) is 0 Å². The average Bonchev–Trinajstić information content (AvgIpc) is 3.38. The quantitative estimate of drug-likeness (QED) is 0.0195. The zero-order valence-electron chi connectivity index (χ0n) is 48.1. The second kappa shape index (κ2) is 55.1. The summed E-state index contributed by atoms with van der Waals surface area (Å²) in [6.45, 7) is 3.91. The Morgan fingerprint density at radius 3 is 1.04 bits per heavy atom. The summed E-state index contributed by atoms with van der Waals surface area (Å²) >= 11 is 0. The Bertz CT molecular complexity index is 1880. The Hall–Kier alpha value is -4.63. The first-order valence-electron chi connectivity index (χ1n) is 28.8. The molecule has 0 aliphatic rings. The molecule has 0 rings (SSSR count). The van der Waals surface area contributed by atoms with Gasteiger partial charge in [0.25, 0.3) is 7.82 Å². The number of esters is 2. The molecule has 0 spiro atoms. The van der Waals surface area contributed by atoms with E-state index in [2.05, 4.69) is 184 Å². The van der Waals surface area contributed by atoms with Crippen LogP contribution in [0.25, 0.3) is 0 Å². The molecular weight excluding hydrogens is 966 g/mol. The second-order valence-electron chi connectivity index (χ2n) is 19.5. The fourth-order valence-electron chi connectivity index (χ4n) is 6.85. The maximum atomic E-state index is 12.8. The number of nitrogens with zero attached hydrogens (tertiary/aromatic N) is 1. The molecule has 9 nitrogen and oxygen atoms in total. The topological polar surface area (TPSA) is 111 Å². The predicted octanol–water partition coefficient (Wildman–Crippen LogP) is 17.6. The number of phosphoric ester groups is 1. The minimum atomic E-state index is -4.67. The van der Waals surface area contributed by atoms with E-state index in [9.17, 15) is 19.0 Å². The van der Waals surface area contributed by atoms with Crippen LogP contribution in [0.5, 0.6) is 0 Å². The number of hydrogen-bond acceptors (Lipinski definition) is 8. The van der Waals surface area contributed by atoms with Gasteiger partial charge in [-0.05, 0) is 128 Å². The van der Waals surface area contributed by atoms with E-state index < -0.39 is 32.5 Å². The van der Waals surface area contributed by atoms with Crippen LogP contribution in [0.1, 0.15) is 181 Å². The van der Waals surface area contributed by atoms with Crippen molar-refractivity contribution in [2.75, 3.05) is 47.5 Å². The van der Waals surface area contributed by atoms with Gasteiger partial charge in [0.1, 0.15) is 19.8 Å². The van der Waals surface area contributed by atoms with E-state index >= 15 is 0 Å². The van der Waals surface area contributed by atoms with E-state index in [0.717, 1.165) is 141 Å². The Balaban J connectivity index is 4.36. The first-order chi connectivity index (χ1) is 37.0. The SMILES string of the molecule is CC/C=C\C/C=C\C/C=C\C/C=C\C/C=C\C/C=C\C/C=C\C/C=C\CCCCCCC(=O)OC(COC(=O)CCCCCC/C=C\C/C=C\C/C=C\C/C=C\C/C=C\C/C=C\CC)COP(=O)([O-])OCC[N+](C)(C)C. The fraction of sp³-hybridized carbons (Fsp3) is 0.545. The Labute approximate surface area is 464 Å². The molecule has 0 N–H and O–H groups in total. The molecular formula is C66H104NO8P. The molecule has 0 saturated heterocycles. The van der Waals surface area contributed by atoms with Gasteiger partial charge < -0.3 is 27.9 Å². The molecule has 0 aromatic carbocycles. The third-order valence-corrected chi connectivity index (χ3v) is 12.2. The van der Waals surface area contributed by atoms with Crippen LogP contribution in [0, 0.1) is 0 Å². The van der Waals surface area contributed by atoms with Gasteiger partial charge in [-0.1, -0.05) is 210 Å². The number of likely N-dealkylation sites (N-methyl/N-ethyl adjacent to an activating group) is 1. The molecule has 0 fully saturated rings. The Morgan fingerprint density at radius 2 is 0.711 bits per heavy atom. The highest BCUT2D eigenvalue weighted by Crippen LogP contribution is 2.38. The number of rotatable bonds is 50. The van der Waals surface area contributed by atoms with Crippen molar-refractivity contribution in [1.29, 1.82) is 0 Å². The lowest BCUT2D eigenvalue weighted by Crippen LogP contribution is -2.37. The molecule has 0 heterocycles. The summed E-state index contributed by atoms with van der Waals surface area (Å²) in [4.78, 5) is 37.9. The van der Waals surface area contributed by atoms with Crippen molar-refractivity contribution in [2.45, 2.75) is 187 Å². The maximum absolute atomic E-state index is 12.8. The van der Waals surface area contributed by atoms with Crippen LogP contribution in [0.4, 0.5) is 0 Å². The van der Waals surface area contributed by atoms with Crippen molar-refractivity contribution in [3.63, 3.8) is 0 Å². The van der Waals surface area contributed by atoms with Crippen LogP contribution in [0.2, 0.25) is 0 Å². The lowest BCUT2D eigenvalue weighted by molar-refractivity contribution is -0.870. The van der Waals surface area contributed by atoms with Gasteiger partial charge in [-0.3, -0.25) is 14.2 Å². The number of hydrogen-bond donors (Lipinski definition) is 0. The van der Waals surface area contributed by atoms with Gasteiger partial charge in [-0.25, -0.2) is 0 Å². The van der Waals surface area contributed by atoms with E-state index in [1.807, 2.05) is 21.1 Å². The lowest BCUT2D eigenvalue weighted by atomic mass is 10.1. The normalized spacial score (nSPS) is 14.6. The highest BCUT2D eigenvalue weighted by molar-refractivity contribution is 7.45. The van der Waals surface area contributed by atoms with Crippen LogP contribution in [-0.4, -0.2) is 70.0 Å². The van der Waals surface area contributed by atoms with E-state index in [1.54, 1.807) is 0 Å². The minimum Gasteiger partial charge on any atom is -0.756 e. The first kappa shape index (κ1) is 71.4. The van der Waals surface area contributed by atoms with E-state index in [0.29, 0.717) is 23.9 Å². The highest BCUT2D eigenvalue weighted by Gasteiger charge is 2.21. The minimum absolute atomic E-state index is 0.0519. The van der Waals surface area contributed by atoms with E-state index in [1.165, 1.54) is 0 Å². The molecule has 0 aromatic rings. The molecule has 10 heteroatoms. The summed E-state index contributed by atoms with van der Waals surface area (Å²) in [5.41, 5.74) is 0. The number of carbonyl (C=O) groups is 2. The number of phosphoric acid groups is 1. The average molecular weight is 1070 g/mol. The molecule has 0 aromatic heterocycles. The zero-order valence-corrected chi connectivity index (χ0v) is 49.0. The molecule has 0 bridgehead atoms. The summed E-state index contributed by atoms with van der Waals surface area (Å²) in [6, 6.07) is 0. The van der Waals surface area contributed by atoms with Gasteiger partial charge in [0.05, 0.1) is 27.7 Å². The van der Waals surface area contributed by atoms with Gasteiger partial charge >= 0.3 is 11.9 Å². The molecule has 2 unspecified atom stereocenters. The summed E-state index contributed by atoms with van der Waals surface area (Å²) in [7, 11) is 1.10. The Morgan fingerprint density at radius 1 is 0.408 bits per heavy atom. The molecule has 0 radical (unpaired) electrons. The summed E-state index contributed by atoms with van der Waals surface area (Å²) in [6.07, 6.45) is 83.9. The van der Waals surface area contributed by atoms with Gasteiger partial charge in [-0.15, -0.1) is 0 Å². The Kier molecular flexibility index (Phi) is 51.8.